The largest absolute Gasteiger partial charge is 0.497 e. The van der Waals surface area contributed by atoms with E-state index in [9.17, 15) is 0 Å². The summed E-state index contributed by atoms with van der Waals surface area (Å²) < 4.78 is 5.26. The van der Waals surface area contributed by atoms with E-state index in [1.165, 1.54) is 29.1 Å². The van der Waals surface area contributed by atoms with Gasteiger partial charge in [0.05, 0.1) is 7.11 Å². The molecule has 2 rings (SSSR count). The lowest BCUT2D eigenvalue weighted by molar-refractivity contribution is 0.412. The lowest BCUT2D eigenvalue weighted by Gasteiger charge is -2.26. The molecule has 0 aliphatic carbocycles. The molecule has 1 aromatic rings. The number of nitrogens with one attached hydrogen (secondary N) is 1. The van der Waals surface area contributed by atoms with Gasteiger partial charge in [-0.3, -0.25) is 0 Å². The van der Waals surface area contributed by atoms with Crippen molar-refractivity contribution in [3.05, 3.63) is 23.8 Å². The van der Waals surface area contributed by atoms with Crippen molar-refractivity contribution >= 4 is 11.8 Å². The van der Waals surface area contributed by atoms with Crippen LogP contribution in [0.15, 0.2) is 23.1 Å². The standard InChI is InChI=1S/C13H19NOS/c1-3-7-14-12-6-8-16-13-9-10(15-2)4-5-11(12)13/h4-5,9,12,14H,3,6-8H2,1-2H3. The van der Waals surface area contributed by atoms with Gasteiger partial charge < -0.3 is 10.1 Å². The van der Waals surface area contributed by atoms with Crippen LogP contribution >= 0.6 is 11.8 Å². The molecule has 0 aromatic heterocycles. The molecule has 88 valence electrons. The zero-order valence-corrected chi connectivity index (χ0v) is 10.8. The second kappa shape index (κ2) is 5.60. The van der Waals surface area contributed by atoms with Crippen LogP contribution in [-0.2, 0) is 0 Å². The highest BCUT2D eigenvalue weighted by atomic mass is 32.2. The van der Waals surface area contributed by atoms with Crippen molar-refractivity contribution in [3.8, 4) is 5.75 Å². The molecule has 0 radical (unpaired) electrons. The van der Waals surface area contributed by atoms with E-state index in [0.29, 0.717) is 6.04 Å². The minimum atomic E-state index is 0.530. The highest BCUT2D eigenvalue weighted by molar-refractivity contribution is 7.99. The summed E-state index contributed by atoms with van der Waals surface area (Å²) in [5, 5.41) is 3.61. The van der Waals surface area contributed by atoms with E-state index in [4.69, 9.17) is 4.74 Å². The fourth-order valence-corrected chi connectivity index (χ4v) is 3.18. The summed E-state index contributed by atoms with van der Waals surface area (Å²) in [5.74, 6) is 2.16. The van der Waals surface area contributed by atoms with E-state index < -0.39 is 0 Å². The fraction of sp³-hybridized carbons (Fsp3) is 0.538. The molecule has 3 heteroatoms. The van der Waals surface area contributed by atoms with Gasteiger partial charge in [-0.2, -0.15) is 0 Å². The molecule has 1 unspecified atom stereocenters. The zero-order chi connectivity index (χ0) is 11.4. The molecule has 1 aliphatic rings. The van der Waals surface area contributed by atoms with Crippen LogP contribution in [0.3, 0.4) is 0 Å². The fourth-order valence-electron chi connectivity index (χ4n) is 2.03. The molecule has 0 spiro atoms. The molecule has 1 aliphatic heterocycles. The van der Waals surface area contributed by atoms with Crippen LogP contribution in [0, 0.1) is 0 Å². The van der Waals surface area contributed by atoms with Crippen molar-refractivity contribution in [1.29, 1.82) is 0 Å². The van der Waals surface area contributed by atoms with Gasteiger partial charge in [0.1, 0.15) is 5.75 Å². The number of thioether (sulfide) groups is 1. The van der Waals surface area contributed by atoms with Gasteiger partial charge in [0.15, 0.2) is 0 Å². The Labute approximate surface area is 102 Å². The van der Waals surface area contributed by atoms with Gasteiger partial charge in [-0.1, -0.05) is 13.0 Å². The lowest BCUT2D eigenvalue weighted by Crippen LogP contribution is -2.25. The third kappa shape index (κ3) is 2.53. The first-order valence-electron chi connectivity index (χ1n) is 5.89. The minimum absolute atomic E-state index is 0.530. The molecule has 1 heterocycles. The van der Waals surface area contributed by atoms with Crippen molar-refractivity contribution in [2.45, 2.75) is 30.7 Å². The van der Waals surface area contributed by atoms with E-state index in [1.807, 2.05) is 11.8 Å². The monoisotopic (exact) mass is 237 g/mol. The Balaban J connectivity index is 2.18. The lowest BCUT2D eigenvalue weighted by atomic mass is 10.0. The van der Waals surface area contributed by atoms with E-state index >= 15 is 0 Å². The highest BCUT2D eigenvalue weighted by Gasteiger charge is 2.20. The maximum absolute atomic E-state index is 5.26. The summed E-state index contributed by atoms with van der Waals surface area (Å²) in [5.41, 5.74) is 1.44. The van der Waals surface area contributed by atoms with Gasteiger partial charge in [0, 0.05) is 10.9 Å². The SMILES string of the molecule is CCCNC1CCSc2cc(OC)ccc21. The molecule has 1 aromatic carbocycles. The molecule has 0 saturated heterocycles. The van der Waals surface area contributed by atoms with E-state index in [1.54, 1.807) is 7.11 Å². The van der Waals surface area contributed by atoms with Crippen LogP contribution < -0.4 is 10.1 Å². The normalized spacial score (nSPS) is 19.2. The van der Waals surface area contributed by atoms with Gasteiger partial charge in [0.2, 0.25) is 0 Å². The number of hydrogen-bond donors (Lipinski definition) is 1. The third-order valence-electron chi connectivity index (χ3n) is 2.90. The molecule has 0 amide bonds. The molecule has 1 N–H and O–H groups in total. The van der Waals surface area contributed by atoms with Gasteiger partial charge in [-0.05, 0) is 42.8 Å². The van der Waals surface area contributed by atoms with Gasteiger partial charge in [-0.15, -0.1) is 11.8 Å². The topological polar surface area (TPSA) is 21.3 Å². The third-order valence-corrected chi connectivity index (χ3v) is 4.01. The molecule has 0 saturated carbocycles. The number of ether oxygens (including phenoxy) is 1. The second-order valence-electron chi connectivity index (χ2n) is 4.05. The first-order valence-corrected chi connectivity index (χ1v) is 6.88. The van der Waals surface area contributed by atoms with Gasteiger partial charge in [-0.25, -0.2) is 0 Å². The highest BCUT2D eigenvalue weighted by Crippen LogP contribution is 2.38. The zero-order valence-electron chi connectivity index (χ0n) is 9.95. The van der Waals surface area contributed by atoms with E-state index in [-0.39, 0.29) is 0 Å². The molecule has 16 heavy (non-hydrogen) atoms. The van der Waals surface area contributed by atoms with Crippen LogP contribution in [0.25, 0.3) is 0 Å². The summed E-state index contributed by atoms with van der Waals surface area (Å²) in [4.78, 5) is 1.37. The summed E-state index contributed by atoms with van der Waals surface area (Å²) in [6.07, 6.45) is 2.42. The number of fused-ring (bicyclic) bond motifs is 1. The van der Waals surface area contributed by atoms with E-state index in [2.05, 4.69) is 30.4 Å². The van der Waals surface area contributed by atoms with Crippen LogP contribution in [0.5, 0.6) is 5.75 Å². The maximum Gasteiger partial charge on any atom is 0.119 e. The number of benzene rings is 1. The molecular formula is C13H19NOS. The Morgan fingerprint density at radius 1 is 1.50 bits per heavy atom. The number of rotatable bonds is 4. The van der Waals surface area contributed by atoms with Gasteiger partial charge >= 0.3 is 0 Å². The smallest absolute Gasteiger partial charge is 0.119 e. The van der Waals surface area contributed by atoms with Crippen molar-refractivity contribution in [2.24, 2.45) is 0 Å². The van der Waals surface area contributed by atoms with Crippen LogP contribution in [0.4, 0.5) is 0 Å². The van der Waals surface area contributed by atoms with Crippen molar-refractivity contribution in [1.82, 2.24) is 5.32 Å². The predicted octanol–water partition coefficient (Wildman–Crippen LogP) is 3.23. The number of methoxy groups -OCH3 is 1. The average molecular weight is 237 g/mol. The van der Waals surface area contributed by atoms with Crippen LogP contribution in [-0.4, -0.2) is 19.4 Å². The van der Waals surface area contributed by atoms with Crippen molar-refractivity contribution < 1.29 is 4.74 Å². The molecule has 2 nitrogen and oxygen atoms in total. The Hall–Kier alpha value is -0.670. The Kier molecular flexibility index (Phi) is 4.13. The summed E-state index contributed by atoms with van der Waals surface area (Å²) >= 11 is 1.94. The first kappa shape index (κ1) is 11.8. The molecule has 1 atom stereocenters. The first-order chi connectivity index (χ1) is 7.85. The Bertz CT molecular complexity index is 354. The van der Waals surface area contributed by atoms with Crippen LogP contribution in [0.2, 0.25) is 0 Å². The van der Waals surface area contributed by atoms with Gasteiger partial charge in [0.25, 0.3) is 0 Å². The summed E-state index contributed by atoms with van der Waals surface area (Å²) in [6, 6.07) is 6.95. The molecular weight excluding hydrogens is 218 g/mol. The predicted molar refractivity (Wildman–Crippen MR) is 69.4 cm³/mol. The van der Waals surface area contributed by atoms with Crippen molar-refractivity contribution in [2.75, 3.05) is 19.4 Å². The minimum Gasteiger partial charge on any atom is -0.497 e. The maximum atomic E-state index is 5.26. The Morgan fingerprint density at radius 3 is 3.12 bits per heavy atom. The van der Waals surface area contributed by atoms with Crippen molar-refractivity contribution in [3.63, 3.8) is 0 Å². The van der Waals surface area contributed by atoms with E-state index in [0.717, 1.165) is 12.3 Å². The molecule has 0 bridgehead atoms. The van der Waals surface area contributed by atoms with Crippen LogP contribution in [0.1, 0.15) is 31.4 Å². The average Bonchev–Trinajstić information content (AvgIpc) is 2.35. The summed E-state index contributed by atoms with van der Waals surface area (Å²) in [6.45, 7) is 3.31. The molecule has 0 fully saturated rings. The Morgan fingerprint density at radius 2 is 2.38 bits per heavy atom. The number of hydrogen-bond acceptors (Lipinski definition) is 3. The second-order valence-corrected chi connectivity index (χ2v) is 5.18. The quantitative estimate of drug-likeness (QED) is 0.868. The summed E-state index contributed by atoms with van der Waals surface area (Å²) in [7, 11) is 1.72.